The summed E-state index contributed by atoms with van der Waals surface area (Å²) in [6.07, 6.45) is 2.62. The minimum atomic E-state index is -0.369. The van der Waals surface area contributed by atoms with Crippen molar-refractivity contribution in [3.63, 3.8) is 0 Å². The second-order valence-electron chi connectivity index (χ2n) is 5.58. The maximum absolute atomic E-state index is 13.6. The van der Waals surface area contributed by atoms with Crippen molar-refractivity contribution in [1.29, 1.82) is 0 Å². The van der Waals surface area contributed by atoms with Crippen molar-refractivity contribution in [3.05, 3.63) is 35.4 Å². The fourth-order valence-corrected chi connectivity index (χ4v) is 2.01. The van der Waals surface area contributed by atoms with Crippen molar-refractivity contribution in [3.8, 4) is 0 Å². The van der Waals surface area contributed by atoms with Crippen LogP contribution in [-0.4, -0.2) is 13.1 Å². The van der Waals surface area contributed by atoms with Crippen molar-refractivity contribution in [2.24, 2.45) is 5.41 Å². The third kappa shape index (κ3) is 5.13. The fraction of sp³-hybridized carbons (Fsp3) is 0.600. The van der Waals surface area contributed by atoms with Crippen molar-refractivity contribution in [2.45, 2.75) is 40.0 Å². The largest absolute Gasteiger partial charge is 0.317 e. The van der Waals surface area contributed by atoms with E-state index in [9.17, 15) is 8.78 Å². The van der Waals surface area contributed by atoms with Gasteiger partial charge in [-0.1, -0.05) is 20.8 Å². The first-order valence-electron chi connectivity index (χ1n) is 6.59. The van der Waals surface area contributed by atoms with Gasteiger partial charge in [0.25, 0.3) is 0 Å². The average molecular weight is 255 g/mol. The van der Waals surface area contributed by atoms with Crippen LogP contribution >= 0.6 is 0 Å². The molecule has 0 fully saturated rings. The summed E-state index contributed by atoms with van der Waals surface area (Å²) < 4.78 is 26.7. The lowest BCUT2D eigenvalue weighted by molar-refractivity contribution is 0.320. The number of halogens is 2. The van der Waals surface area contributed by atoms with Crippen molar-refractivity contribution >= 4 is 0 Å². The maximum Gasteiger partial charge on any atom is 0.126 e. The van der Waals surface area contributed by atoms with E-state index in [-0.39, 0.29) is 17.0 Å². The molecule has 0 saturated carbocycles. The second-order valence-corrected chi connectivity index (χ2v) is 5.58. The van der Waals surface area contributed by atoms with Crippen LogP contribution in [0, 0.1) is 17.0 Å². The summed E-state index contributed by atoms with van der Waals surface area (Å²) >= 11 is 0. The van der Waals surface area contributed by atoms with Gasteiger partial charge in [0.05, 0.1) is 0 Å². The molecule has 1 nitrogen and oxygen atoms in total. The van der Waals surface area contributed by atoms with Crippen molar-refractivity contribution < 1.29 is 8.78 Å². The molecule has 0 saturated heterocycles. The van der Waals surface area contributed by atoms with Crippen LogP contribution < -0.4 is 5.32 Å². The molecule has 1 rings (SSSR count). The highest BCUT2D eigenvalue weighted by Gasteiger charge is 2.20. The van der Waals surface area contributed by atoms with Crippen molar-refractivity contribution in [1.82, 2.24) is 5.32 Å². The van der Waals surface area contributed by atoms with E-state index in [0.29, 0.717) is 12.0 Å². The van der Waals surface area contributed by atoms with Gasteiger partial charge in [-0.3, -0.25) is 0 Å². The molecule has 0 radical (unpaired) electrons. The van der Waals surface area contributed by atoms with Crippen LogP contribution in [0.4, 0.5) is 8.78 Å². The van der Waals surface area contributed by atoms with Gasteiger partial charge in [-0.25, -0.2) is 8.78 Å². The van der Waals surface area contributed by atoms with E-state index in [1.165, 1.54) is 12.1 Å². The van der Waals surface area contributed by atoms with Crippen LogP contribution in [0.25, 0.3) is 0 Å². The molecule has 3 heteroatoms. The van der Waals surface area contributed by atoms with E-state index >= 15 is 0 Å². The quantitative estimate of drug-likeness (QED) is 0.728. The molecule has 1 aromatic carbocycles. The van der Waals surface area contributed by atoms with E-state index in [2.05, 4.69) is 26.1 Å². The van der Waals surface area contributed by atoms with Gasteiger partial charge >= 0.3 is 0 Å². The minimum Gasteiger partial charge on any atom is -0.317 e. The van der Waals surface area contributed by atoms with Gasteiger partial charge in [0.2, 0.25) is 0 Å². The van der Waals surface area contributed by atoms with Crippen LogP contribution in [0.2, 0.25) is 0 Å². The lowest BCUT2D eigenvalue weighted by Crippen LogP contribution is -2.25. The number of benzene rings is 1. The van der Waals surface area contributed by atoms with Gasteiger partial charge in [-0.15, -0.1) is 0 Å². The van der Waals surface area contributed by atoms with E-state index in [4.69, 9.17) is 0 Å². The smallest absolute Gasteiger partial charge is 0.126 e. The summed E-state index contributed by atoms with van der Waals surface area (Å²) in [5.74, 6) is -0.683. The summed E-state index contributed by atoms with van der Waals surface area (Å²) in [5, 5.41) is 3.34. The normalized spacial score (nSPS) is 11.8. The molecule has 0 amide bonds. The monoisotopic (exact) mass is 255 g/mol. The molecule has 0 aliphatic heterocycles. The highest BCUT2D eigenvalue weighted by Crippen LogP contribution is 2.27. The van der Waals surface area contributed by atoms with Gasteiger partial charge in [-0.2, -0.15) is 0 Å². The minimum absolute atomic E-state index is 0.0324. The Labute approximate surface area is 109 Å². The predicted molar refractivity (Wildman–Crippen MR) is 71.6 cm³/mol. The van der Waals surface area contributed by atoms with Crippen LogP contribution in [0.3, 0.4) is 0 Å². The van der Waals surface area contributed by atoms with Crippen LogP contribution in [0.1, 0.15) is 39.2 Å². The Bertz CT molecular complexity index is 375. The lowest BCUT2D eigenvalue weighted by Gasteiger charge is -2.25. The lowest BCUT2D eigenvalue weighted by atomic mass is 9.82. The van der Waals surface area contributed by atoms with E-state index in [0.717, 1.165) is 32.0 Å². The van der Waals surface area contributed by atoms with Crippen LogP contribution in [-0.2, 0) is 6.42 Å². The molecule has 1 aromatic rings. The molecule has 0 spiro atoms. The highest BCUT2D eigenvalue weighted by molar-refractivity contribution is 5.20. The molecule has 1 N–H and O–H groups in total. The summed E-state index contributed by atoms with van der Waals surface area (Å²) in [4.78, 5) is 0. The fourth-order valence-electron chi connectivity index (χ4n) is 2.01. The second kappa shape index (κ2) is 6.83. The van der Waals surface area contributed by atoms with Crippen LogP contribution in [0.15, 0.2) is 18.2 Å². The zero-order chi connectivity index (χ0) is 13.6. The Kier molecular flexibility index (Phi) is 5.73. The maximum atomic E-state index is 13.6. The number of rotatable bonds is 7. The molecular weight excluding hydrogens is 232 g/mol. The van der Waals surface area contributed by atoms with Crippen LogP contribution in [0.5, 0.6) is 0 Å². The standard InChI is InChI=1S/C15H23F2N/c1-4-8-18-9-7-15(2,3)11-12-10-13(16)5-6-14(12)17/h5-6,10,18H,4,7-9,11H2,1-3H3. The SMILES string of the molecule is CCCNCCC(C)(C)Cc1cc(F)ccc1F. The Hall–Kier alpha value is -0.960. The Morgan fingerprint density at radius 3 is 2.56 bits per heavy atom. The van der Waals surface area contributed by atoms with Gasteiger partial charge in [0.1, 0.15) is 11.6 Å². The van der Waals surface area contributed by atoms with E-state index in [1.807, 2.05) is 0 Å². The molecule has 0 aliphatic carbocycles. The Morgan fingerprint density at radius 1 is 1.17 bits per heavy atom. The Morgan fingerprint density at radius 2 is 1.89 bits per heavy atom. The number of hydrogen-bond acceptors (Lipinski definition) is 1. The van der Waals surface area contributed by atoms with Gasteiger partial charge in [-0.05, 0) is 61.5 Å². The zero-order valence-corrected chi connectivity index (χ0v) is 11.5. The van der Waals surface area contributed by atoms with Gasteiger partial charge in [0, 0.05) is 0 Å². The molecule has 18 heavy (non-hydrogen) atoms. The molecule has 0 aromatic heterocycles. The molecule has 0 unspecified atom stereocenters. The number of hydrogen-bond donors (Lipinski definition) is 1. The summed E-state index contributed by atoms with van der Waals surface area (Å²) in [6.45, 7) is 8.22. The number of nitrogens with one attached hydrogen (secondary N) is 1. The summed E-state index contributed by atoms with van der Waals surface area (Å²) in [7, 11) is 0. The van der Waals surface area contributed by atoms with Crippen molar-refractivity contribution in [2.75, 3.05) is 13.1 Å². The third-order valence-electron chi connectivity index (χ3n) is 3.08. The molecule has 0 bridgehead atoms. The zero-order valence-electron chi connectivity index (χ0n) is 11.5. The van der Waals surface area contributed by atoms with E-state index < -0.39 is 0 Å². The first-order valence-corrected chi connectivity index (χ1v) is 6.59. The van der Waals surface area contributed by atoms with Gasteiger partial charge < -0.3 is 5.32 Å². The third-order valence-corrected chi connectivity index (χ3v) is 3.08. The summed E-state index contributed by atoms with van der Waals surface area (Å²) in [5.41, 5.74) is 0.436. The predicted octanol–water partition coefficient (Wildman–Crippen LogP) is 3.92. The summed E-state index contributed by atoms with van der Waals surface area (Å²) in [6, 6.07) is 3.67. The molecule has 0 heterocycles. The molecule has 0 aliphatic rings. The molecule has 0 atom stereocenters. The first kappa shape index (κ1) is 15.1. The molecule has 102 valence electrons. The van der Waals surface area contributed by atoms with Gasteiger partial charge in [0.15, 0.2) is 0 Å². The first-order chi connectivity index (χ1) is 8.44. The highest BCUT2D eigenvalue weighted by atomic mass is 19.1. The van der Waals surface area contributed by atoms with E-state index in [1.54, 1.807) is 0 Å². The average Bonchev–Trinajstić information content (AvgIpc) is 2.29. The molecular formula is C15H23F2N. The topological polar surface area (TPSA) is 12.0 Å². The Balaban J connectivity index is 2.55.